The second-order valence-electron chi connectivity index (χ2n) is 7.97. The van der Waals surface area contributed by atoms with E-state index in [0.29, 0.717) is 50.1 Å². The smallest absolute Gasteiger partial charge is 0.275 e. The van der Waals surface area contributed by atoms with Gasteiger partial charge in [0.25, 0.3) is 5.91 Å². The quantitative estimate of drug-likeness (QED) is 0.665. The highest BCUT2D eigenvalue weighted by atomic mass is 32.2. The maximum atomic E-state index is 13.0. The average molecular weight is 431 g/mol. The van der Waals surface area contributed by atoms with Crippen LogP contribution in [0.1, 0.15) is 37.3 Å². The van der Waals surface area contributed by atoms with Crippen LogP contribution in [0.3, 0.4) is 0 Å². The molecule has 1 aliphatic rings. The fraction of sp³-hybridized carbons (Fsp3) is 0.435. The number of piperazine rings is 1. The molecule has 0 aromatic heterocycles. The normalized spacial score (nSPS) is 16.9. The molecule has 2 aromatic carbocycles. The standard InChI is InChI=1S/C23H31N3O3S/c1-3-19(2)21-9-11-22(12-10-21)30(28,29)26-15-13-25(14-16-26)18-23(27)24-17-20-7-5-4-6-8-20/h4-12,19H,3,13-18H2,1-2H3,(H,24,27)/p+1/t19-/m1/s1. The van der Waals surface area contributed by atoms with Crippen molar-refractivity contribution >= 4 is 15.9 Å². The minimum absolute atomic E-state index is 0.00853. The summed E-state index contributed by atoms with van der Waals surface area (Å²) in [6, 6.07) is 17.1. The van der Waals surface area contributed by atoms with Crippen molar-refractivity contribution in [3.05, 3.63) is 65.7 Å². The van der Waals surface area contributed by atoms with Crippen LogP contribution in [0.15, 0.2) is 59.5 Å². The summed E-state index contributed by atoms with van der Waals surface area (Å²) < 4.78 is 27.5. The summed E-state index contributed by atoms with van der Waals surface area (Å²) in [6.45, 7) is 7.25. The van der Waals surface area contributed by atoms with Crippen LogP contribution in [0, 0.1) is 0 Å². The fourth-order valence-corrected chi connectivity index (χ4v) is 5.10. The summed E-state index contributed by atoms with van der Waals surface area (Å²) in [5.41, 5.74) is 2.23. The molecule has 0 unspecified atom stereocenters. The number of quaternary nitrogens is 1. The predicted octanol–water partition coefficient (Wildman–Crippen LogP) is 1.41. The highest BCUT2D eigenvalue weighted by molar-refractivity contribution is 7.89. The van der Waals surface area contributed by atoms with Crippen LogP contribution >= 0.6 is 0 Å². The maximum absolute atomic E-state index is 13.0. The van der Waals surface area contributed by atoms with Crippen molar-refractivity contribution in [3.63, 3.8) is 0 Å². The van der Waals surface area contributed by atoms with Gasteiger partial charge in [-0.25, -0.2) is 8.42 Å². The van der Waals surface area contributed by atoms with E-state index in [2.05, 4.69) is 19.2 Å². The monoisotopic (exact) mass is 430 g/mol. The van der Waals surface area contributed by atoms with Gasteiger partial charge in [0.1, 0.15) is 0 Å². The third-order valence-corrected chi connectivity index (χ3v) is 7.78. The highest BCUT2D eigenvalue weighted by Gasteiger charge is 2.31. The van der Waals surface area contributed by atoms with Gasteiger partial charge < -0.3 is 10.2 Å². The molecular weight excluding hydrogens is 398 g/mol. The van der Waals surface area contributed by atoms with Crippen molar-refractivity contribution in [2.45, 2.75) is 37.6 Å². The minimum atomic E-state index is -3.49. The van der Waals surface area contributed by atoms with Crippen molar-refractivity contribution in [1.82, 2.24) is 9.62 Å². The van der Waals surface area contributed by atoms with Crippen molar-refractivity contribution in [2.24, 2.45) is 0 Å². The zero-order chi connectivity index (χ0) is 21.6. The minimum Gasteiger partial charge on any atom is -0.347 e. The second-order valence-corrected chi connectivity index (χ2v) is 9.91. The number of carbonyl (C=O) groups excluding carboxylic acids is 1. The number of hydrogen-bond donors (Lipinski definition) is 2. The van der Waals surface area contributed by atoms with Crippen molar-refractivity contribution in [3.8, 4) is 0 Å². The number of amides is 1. The predicted molar refractivity (Wildman–Crippen MR) is 118 cm³/mol. The van der Waals surface area contributed by atoms with Crippen LogP contribution in [0.2, 0.25) is 0 Å². The first-order valence-corrected chi connectivity index (χ1v) is 12.1. The largest absolute Gasteiger partial charge is 0.347 e. The first-order chi connectivity index (χ1) is 14.4. The van der Waals surface area contributed by atoms with Crippen LogP contribution in [-0.2, 0) is 21.4 Å². The Labute approximate surface area is 179 Å². The van der Waals surface area contributed by atoms with Gasteiger partial charge >= 0.3 is 0 Å². The number of rotatable bonds is 8. The van der Waals surface area contributed by atoms with Crippen molar-refractivity contribution < 1.29 is 18.1 Å². The van der Waals surface area contributed by atoms with Gasteiger partial charge in [0.15, 0.2) is 6.54 Å². The molecule has 0 spiro atoms. The Kier molecular flexibility index (Phi) is 7.64. The molecule has 6 nitrogen and oxygen atoms in total. The van der Waals surface area contributed by atoms with Gasteiger partial charge in [0.05, 0.1) is 31.1 Å². The summed E-state index contributed by atoms with van der Waals surface area (Å²) in [4.78, 5) is 13.7. The summed E-state index contributed by atoms with van der Waals surface area (Å²) >= 11 is 0. The molecule has 1 heterocycles. The van der Waals surface area contributed by atoms with Crippen LogP contribution < -0.4 is 10.2 Å². The molecule has 1 saturated heterocycles. The highest BCUT2D eigenvalue weighted by Crippen LogP contribution is 2.22. The van der Waals surface area contributed by atoms with Gasteiger partial charge in [-0.1, -0.05) is 56.3 Å². The van der Waals surface area contributed by atoms with E-state index < -0.39 is 10.0 Å². The lowest BCUT2D eigenvalue weighted by molar-refractivity contribution is -0.895. The van der Waals surface area contributed by atoms with E-state index in [-0.39, 0.29) is 5.91 Å². The first kappa shape index (κ1) is 22.5. The lowest BCUT2D eigenvalue weighted by Gasteiger charge is -2.31. The SMILES string of the molecule is CC[C@@H](C)c1ccc(S(=O)(=O)N2CC[NH+](CC(=O)NCc3ccccc3)CC2)cc1. The third kappa shape index (κ3) is 5.68. The Balaban J connectivity index is 1.50. The molecule has 1 fully saturated rings. The van der Waals surface area contributed by atoms with Gasteiger partial charge in [-0.3, -0.25) is 4.79 Å². The summed E-state index contributed by atoms with van der Waals surface area (Å²) in [5.74, 6) is 0.410. The molecule has 30 heavy (non-hydrogen) atoms. The van der Waals surface area contributed by atoms with Crippen LogP contribution in [0.4, 0.5) is 0 Å². The Morgan fingerprint density at radius 1 is 1.07 bits per heavy atom. The molecule has 2 aromatic rings. The Morgan fingerprint density at radius 2 is 1.70 bits per heavy atom. The van der Waals surface area contributed by atoms with E-state index in [1.807, 2.05) is 42.5 Å². The lowest BCUT2D eigenvalue weighted by Crippen LogP contribution is -3.15. The molecule has 0 bridgehead atoms. The van der Waals surface area contributed by atoms with E-state index in [9.17, 15) is 13.2 Å². The maximum Gasteiger partial charge on any atom is 0.275 e. The van der Waals surface area contributed by atoms with Crippen LogP contribution in [0.25, 0.3) is 0 Å². The van der Waals surface area contributed by atoms with E-state index >= 15 is 0 Å². The molecule has 0 radical (unpaired) electrons. The van der Waals surface area contributed by atoms with Gasteiger partial charge in [0, 0.05) is 6.54 Å². The second kappa shape index (κ2) is 10.2. The molecule has 3 rings (SSSR count). The molecule has 1 amide bonds. The number of carbonyl (C=O) groups is 1. The van der Waals surface area contributed by atoms with Crippen molar-refractivity contribution in [2.75, 3.05) is 32.7 Å². The molecule has 0 aliphatic carbocycles. The molecule has 1 atom stereocenters. The van der Waals surface area contributed by atoms with E-state index in [1.54, 1.807) is 12.1 Å². The zero-order valence-electron chi connectivity index (χ0n) is 17.8. The Morgan fingerprint density at radius 3 is 2.30 bits per heavy atom. The number of hydrogen-bond acceptors (Lipinski definition) is 3. The number of sulfonamides is 1. The molecule has 2 N–H and O–H groups in total. The summed E-state index contributed by atoms with van der Waals surface area (Å²) in [7, 11) is -3.49. The van der Waals surface area contributed by atoms with Crippen LogP contribution in [-0.4, -0.2) is 51.4 Å². The number of nitrogens with one attached hydrogen (secondary N) is 2. The Hall–Kier alpha value is -2.22. The molecule has 162 valence electrons. The van der Waals surface area contributed by atoms with Gasteiger partial charge in [-0.05, 0) is 35.6 Å². The van der Waals surface area contributed by atoms with Crippen molar-refractivity contribution in [1.29, 1.82) is 0 Å². The zero-order valence-corrected chi connectivity index (χ0v) is 18.6. The Bertz CT molecular complexity index is 922. The van der Waals surface area contributed by atoms with E-state index in [0.717, 1.165) is 22.4 Å². The average Bonchev–Trinajstić information content (AvgIpc) is 2.78. The molecule has 1 aliphatic heterocycles. The fourth-order valence-electron chi connectivity index (χ4n) is 3.66. The lowest BCUT2D eigenvalue weighted by atomic mass is 9.99. The van der Waals surface area contributed by atoms with E-state index in [4.69, 9.17) is 0 Å². The number of benzene rings is 2. The third-order valence-electron chi connectivity index (χ3n) is 5.87. The van der Waals surface area contributed by atoms with Crippen LogP contribution in [0.5, 0.6) is 0 Å². The topological polar surface area (TPSA) is 70.9 Å². The number of nitrogens with zero attached hydrogens (tertiary/aromatic N) is 1. The first-order valence-electron chi connectivity index (χ1n) is 10.6. The van der Waals surface area contributed by atoms with Gasteiger partial charge in [-0.2, -0.15) is 4.31 Å². The summed E-state index contributed by atoms with van der Waals surface area (Å²) in [5, 5.41) is 2.94. The van der Waals surface area contributed by atoms with Gasteiger partial charge in [0.2, 0.25) is 10.0 Å². The summed E-state index contributed by atoms with van der Waals surface area (Å²) in [6.07, 6.45) is 1.02. The molecule has 0 saturated carbocycles. The molecular formula is C23H32N3O3S+. The molecule has 7 heteroatoms. The van der Waals surface area contributed by atoms with Gasteiger partial charge in [-0.15, -0.1) is 0 Å². The van der Waals surface area contributed by atoms with E-state index in [1.165, 1.54) is 4.31 Å².